The number of para-hydroxylation sites is 3. The molecule has 0 heterocycles. The normalized spacial score (nSPS) is 10.5. The van der Waals surface area contributed by atoms with Gasteiger partial charge in [0.05, 0.1) is 12.8 Å². The van der Waals surface area contributed by atoms with Crippen LogP contribution in [-0.4, -0.2) is 25.5 Å². The van der Waals surface area contributed by atoms with Crippen LogP contribution >= 0.6 is 0 Å². The molecule has 0 aliphatic heterocycles. The van der Waals surface area contributed by atoms with Gasteiger partial charge in [-0.25, -0.2) is 0 Å². The first-order valence-corrected chi connectivity index (χ1v) is 9.86. The van der Waals surface area contributed by atoms with Gasteiger partial charge < -0.3 is 20.1 Å². The summed E-state index contributed by atoms with van der Waals surface area (Å²) >= 11 is 0. The molecule has 0 radical (unpaired) electrons. The summed E-state index contributed by atoms with van der Waals surface area (Å²) in [6, 6.07) is 23.9. The fourth-order valence-electron chi connectivity index (χ4n) is 2.73. The highest BCUT2D eigenvalue weighted by Gasteiger charge is 2.09. The molecule has 6 nitrogen and oxygen atoms in total. The third-order valence-electron chi connectivity index (χ3n) is 4.33. The van der Waals surface area contributed by atoms with Crippen molar-refractivity contribution < 1.29 is 19.1 Å². The molecule has 0 spiro atoms. The van der Waals surface area contributed by atoms with Gasteiger partial charge in [0.25, 0.3) is 0 Å². The average Bonchev–Trinajstić information content (AvgIpc) is 2.80. The van der Waals surface area contributed by atoms with Crippen LogP contribution in [0.4, 0.5) is 5.69 Å². The van der Waals surface area contributed by atoms with Gasteiger partial charge in [-0.3, -0.25) is 9.59 Å². The number of anilines is 1. The number of hydrogen-bond donors (Lipinski definition) is 2. The Morgan fingerprint density at radius 1 is 0.871 bits per heavy atom. The second kappa shape index (κ2) is 11.2. The van der Waals surface area contributed by atoms with E-state index in [4.69, 9.17) is 9.47 Å². The molecule has 0 atom stereocenters. The number of carbonyl (C=O) groups is 2. The van der Waals surface area contributed by atoms with Crippen molar-refractivity contribution in [3.8, 4) is 17.2 Å². The third kappa shape index (κ3) is 7.04. The highest BCUT2D eigenvalue weighted by molar-refractivity contribution is 5.94. The Labute approximate surface area is 181 Å². The molecule has 2 amide bonds. The second-order valence-electron chi connectivity index (χ2n) is 6.61. The quantitative estimate of drug-likeness (QED) is 0.498. The molecule has 0 saturated heterocycles. The van der Waals surface area contributed by atoms with Crippen LogP contribution in [0.5, 0.6) is 17.2 Å². The predicted molar refractivity (Wildman–Crippen MR) is 121 cm³/mol. The topological polar surface area (TPSA) is 76.7 Å². The molecule has 2 N–H and O–H groups in total. The molecular weight excluding hydrogens is 392 g/mol. The van der Waals surface area contributed by atoms with Gasteiger partial charge in [-0.1, -0.05) is 42.5 Å². The molecule has 6 heteroatoms. The fourth-order valence-corrected chi connectivity index (χ4v) is 2.73. The van der Waals surface area contributed by atoms with Gasteiger partial charge in [-0.15, -0.1) is 0 Å². The van der Waals surface area contributed by atoms with Crippen molar-refractivity contribution in [2.75, 3.05) is 19.0 Å². The monoisotopic (exact) mass is 416 g/mol. The molecule has 3 rings (SSSR count). The Morgan fingerprint density at radius 3 is 2.32 bits per heavy atom. The zero-order chi connectivity index (χ0) is 21.9. The summed E-state index contributed by atoms with van der Waals surface area (Å²) in [5.41, 5.74) is 1.45. The van der Waals surface area contributed by atoms with Crippen molar-refractivity contribution >= 4 is 23.6 Å². The minimum atomic E-state index is -0.267. The standard InChI is InChI=1S/C25H24N2O4/c1-30-20-14-11-19(12-15-20)13-16-24(28)26-18-17-25(29)27-22-9-5-6-10-23(22)31-21-7-3-2-4-8-21/h2-16H,17-18H2,1H3,(H,26,28)(H,27,29). The number of methoxy groups -OCH3 is 1. The van der Waals surface area contributed by atoms with Crippen molar-refractivity contribution in [3.63, 3.8) is 0 Å². The Balaban J connectivity index is 1.46. The number of amides is 2. The van der Waals surface area contributed by atoms with Crippen molar-refractivity contribution in [1.29, 1.82) is 0 Å². The largest absolute Gasteiger partial charge is 0.497 e. The molecule has 0 fully saturated rings. The number of ether oxygens (including phenoxy) is 2. The maximum Gasteiger partial charge on any atom is 0.244 e. The molecular formula is C25H24N2O4. The van der Waals surface area contributed by atoms with Crippen LogP contribution in [0, 0.1) is 0 Å². The molecule has 31 heavy (non-hydrogen) atoms. The van der Waals surface area contributed by atoms with Gasteiger partial charge in [0, 0.05) is 19.0 Å². The number of rotatable bonds is 9. The maximum absolute atomic E-state index is 12.3. The summed E-state index contributed by atoms with van der Waals surface area (Å²) in [7, 11) is 1.60. The lowest BCUT2D eigenvalue weighted by molar-refractivity contribution is -0.117. The van der Waals surface area contributed by atoms with E-state index >= 15 is 0 Å². The van der Waals surface area contributed by atoms with Crippen LogP contribution in [0.15, 0.2) is 84.9 Å². The highest BCUT2D eigenvalue weighted by Crippen LogP contribution is 2.29. The maximum atomic E-state index is 12.3. The minimum absolute atomic E-state index is 0.141. The van der Waals surface area contributed by atoms with E-state index < -0.39 is 0 Å². The van der Waals surface area contributed by atoms with Gasteiger partial charge in [0.1, 0.15) is 11.5 Å². The van der Waals surface area contributed by atoms with E-state index in [1.807, 2.05) is 66.7 Å². The summed E-state index contributed by atoms with van der Waals surface area (Å²) in [5.74, 6) is 1.50. The zero-order valence-electron chi connectivity index (χ0n) is 17.2. The first-order chi connectivity index (χ1) is 15.1. The Bertz CT molecular complexity index is 1030. The van der Waals surface area contributed by atoms with E-state index in [2.05, 4.69) is 10.6 Å². The van der Waals surface area contributed by atoms with Gasteiger partial charge >= 0.3 is 0 Å². The molecule has 0 aliphatic carbocycles. The van der Waals surface area contributed by atoms with Gasteiger partial charge in [-0.05, 0) is 48.0 Å². The van der Waals surface area contributed by atoms with E-state index in [0.717, 1.165) is 11.3 Å². The molecule has 0 aliphatic rings. The zero-order valence-corrected chi connectivity index (χ0v) is 17.2. The van der Waals surface area contributed by atoms with Crippen molar-refractivity contribution in [2.45, 2.75) is 6.42 Å². The molecule has 158 valence electrons. The molecule has 0 saturated carbocycles. The first-order valence-electron chi connectivity index (χ1n) is 9.86. The van der Waals surface area contributed by atoms with E-state index in [9.17, 15) is 9.59 Å². The summed E-state index contributed by atoms with van der Waals surface area (Å²) in [5, 5.41) is 5.53. The molecule has 3 aromatic rings. The number of nitrogens with one attached hydrogen (secondary N) is 2. The summed E-state index contributed by atoms with van der Waals surface area (Å²) in [6.07, 6.45) is 3.27. The molecule has 0 unspecified atom stereocenters. The Hall–Kier alpha value is -4.06. The lowest BCUT2D eigenvalue weighted by atomic mass is 10.2. The average molecular weight is 416 g/mol. The van der Waals surface area contributed by atoms with E-state index in [-0.39, 0.29) is 24.8 Å². The summed E-state index contributed by atoms with van der Waals surface area (Å²) < 4.78 is 10.9. The van der Waals surface area contributed by atoms with Crippen LogP contribution < -0.4 is 20.1 Å². The number of carbonyl (C=O) groups excluding carboxylic acids is 2. The molecule has 0 aromatic heterocycles. The lowest BCUT2D eigenvalue weighted by Crippen LogP contribution is -2.26. The third-order valence-corrected chi connectivity index (χ3v) is 4.33. The SMILES string of the molecule is COc1ccc(C=CC(=O)NCCC(=O)Nc2ccccc2Oc2ccccc2)cc1. The van der Waals surface area contributed by atoms with Crippen molar-refractivity contribution in [3.05, 3.63) is 90.5 Å². The highest BCUT2D eigenvalue weighted by atomic mass is 16.5. The van der Waals surface area contributed by atoms with Gasteiger partial charge in [-0.2, -0.15) is 0 Å². The van der Waals surface area contributed by atoms with Crippen LogP contribution in [0.25, 0.3) is 6.08 Å². The predicted octanol–water partition coefficient (Wildman–Crippen LogP) is 4.65. The van der Waals surface area contributed by atoms with Crippen molar-refractivity contribution in [2.24, 2.45) is 0 Å². The summed E-state index contributed by atoms with van der Waals surface area (Å²) in [4.78, 5) is 24.3. The van der Waals surface area contributed by atoms with Crippen LogP contribution in [-0.2, 0) is 9.59 Å². The molecule has 3 aromatic carbocycles. The smallest absolute Gasteiger partial charge is 0.244 e. The lowest BCUT2D eigenvalue weighted by Gasteiger charge is -2.12. The van der Waals surface area contributed by atoms with E-state index in [0.29, 0.717) is 17.2 Å². The number of benzene rings is 3. The van der Waals surface area contributed by atoms with Gasteiger partial charge in [0.15, 0.2) is 5.75 Å². The first kappa shape index (κ1) is 21.6. The van der Waals surface area contributed by atoms with Crippen LogP contribution in [0.2, 0.25) is 0 Å². The van der Waals surface area contributed by atoms with Crippen LogP contribution in [0.3, 0.4) is 0 Å². The van der Waals surface area contributed by atoms with Crippen molar-refractivity contribution in [1.82, 2.24) is 5.32 Å². The minimum Gasteiger partial charge on any atom is -0.497 e. The molecule has 0 bridgehead atoms. The van der Waals surface area contributed by atoms with E-state index in [1.54, 1.807) is 25.3 Å². The Kier molecular flexibility index (Phi) is 7.83. The van der Waals surface area contributed by atoms with E-state index in [1.165, 1.54) is 6.08 Å². The summed E-state index contributed by atoms with van der Waals surface area (Å²) in [6.45, 7) is 0.222. The number of hydrogen-bond acceptors (Lipinski definition) is 4. The van der Waals surface area contributed by atoms with Gasteiger partial charge in [0.2, 0.25) is 11.8 Å². The fraction of sp³-hybridized carbons (Fsp3) is 0.120. The van der Waals surface area contributed by atoms with Crippen LogP contribution in [0.1, 0.15) is 12.0 Å². The second-order valence-corrected chi connectivity index (χ2v) is 6.61. The Morgan fingerprint density at radius 2 is 1.58 bits per heavy atom.